The fourth-order valence-electron chi connectivity index (χ4n) is 4.19. The highest BCUT2D eigenvalue weighted by Gasteiger charge is 2.42. The molecule has 1 unspecified atom stereocenters. The molecule has 20 heteroatoms. The van der Waals surface area contributed by atoms with E-state index in [2.05, 4.69) is 15.1 Å². The number of carbonyl (C=O) groups is 3. The monoisotopic (exact) mass is 760 g/mol. The number of nitrogens with one attached hydrogen (secondary N) is 1. The lowest BCUT2D eigenvalue weighted by Gasteiger charge is -2.37. The van der Waals surface area contributed by atoms with Gasteiger partial charge in [0.1, 0.15) is 18.6 Å². The van der Waals surface area contributed by atoms with Gasteiger partial charge in [-0.1, -0.05) is 58.4 Å². The Morgan fingerprint density at radius 2 is 1.90 bits per heavy atom. The van der Waals surface area contributed by atoms with Crippen LogP contribution in [0.4, 0.5) is 0 Å². The van der Waals surface area contributed by atoms with Crippen molar-refractivity contribution in [1.82, 2.24) is 14.2 Å². The zero-order valence-corrected chi connectivity index (χ0v) is 32.9. The molecule has 1 aliphatic rings. The summed E-state index contributed by atoms with van der Waals surface area (Å²) in [7, 11) is -5.62. The van der Waals surface area contributed by atoms with E-state index in [1.807, 2.05) is 33.9 Å². The third-order valence-electron chi connectivity index (χ3n) is 8.16. The van der Waals surface area contributed by atoms with Crippen molar-refractivity contribution in [3.63, 3.8) is 0 Å². The van der Waals surface area contributed by atoms with Gasteiger partial charge >= 0.3 is 19.4 Å². The fourth-order valence-corrected chi connectivity index (χ4v) is 7.58. The Labute approximate surface area is 296 Å². The molecule has 0 bridgehead atoms. The smallest absolute Gasteiger partial charge is 0.406 e. The van der Waals surface area contributed by atoms with Crippen LogP contribution in [0.25, 0.3) is 16.6 Å². The quantitative estimate of drug-likeness (QED) is 0.0265. The molecule has 1 N–H and O–H groups in total. The van der Waals surface area contributed by atoms with Gasteiger partial charge in [-0.05, 0) is 36.7 Å². The van der Waals surface area contributed by atoms with Crippen molar-refractivity contribution in [2.24, 2.45) is 10.5 Å². The van der Waals surface area contributed by atoms with Crippen LogP contribution in [0, 0.1) is 12.3 Å². The second-order valence-electron chi connectivity index (χ2n) is 14.1. The van der Waals surface area contributed by atoms with Crippen LogP contribution in [-0.2, 0) is 41.9 Å². The molecule has 5 atom stereocenters. The number of rotatable bonds is 17. The Kier molecular flexibility index (Phi) is 15.6. The molecular weight excluding hydrogens is 711 g/mol. The zero-order valence-electron chi connectivity index (χ0n) is 30.2. The van der Waals surface area contributed by atoms with E-state index in [-0.39, 0.29) is 41.1 Å². The molecular formula is C30H49N6O11PSSi. The molecule has 50 heavy (non-hydrogen) atoms. The molecule has 0 saturated carbocycles. The van der Waals surface area contributed by atoms with Crippen LogP contribution in [0.1, 0.15) is 59.8 Å². The van der Waals surface area contributed by atoms with Crippen LogP contribution >= 0.6 is 19.5 Å². The number of nitrogens with zero attached hydrogens (tertiary/aromatic N) is 5. The molecule has 1 aromatic heterocycles. The van der Waals surface area contributed by atoms with Gasteiger partial charge in [0.2, 0.25) is 0 Å². The summed E-state index contributed by atoms with van der Waals surface area (Å²) < 4.78 is 44.8. The minimum Gasteiger partial charge on any atom is -0.468 e. The van der Waals surface area contributed by atoms with E-state index in [4.69, 9.17) is 22.9 Å². The molecule has 2 heterocycles. The maximum atomic E-state index is 14.3. The van der Waals surface area contributed by atoms with Gasteiger partial charge < -0.3 is 13.9 Å². The van der Waals surface area contributed by atoms with Gasteiger partial charge in [0, 0.05) is 40.5 Å². The number of aldehydes is 1. The number of aryl methyl sites for hydroxylation is 1. The van der Waals surface area contributed by atoms with Gasteiger partial charge in [0.15, 0.2) is 13.4 Å². The molecule has 2 rings (SSSR count). The number of thioether (sulfide) groups is 1. The first kappa shape index (κ1) is 43.3. The van der Waals surface area contributed by atoms with Gasteiger partial charge in [0.05, 0.1) is 39.1 Å². The second kappa shape index (κ2) is 18.1. The zero-order chi connectivity index (χ0) is 38.1. The van der Waals surface area contributed by atoms with Crippen LogP contribution in [0.3, 0.4) is 0 Å². The Morgan fingerprint density at radius 1 is 1.24 bits per heavy atom. The minimum atomic E-state index is -4.41. The van der Waals surface area contributed by atoms with E-state index in [1.54, 1.807) is 20.8 Å². The van der Waals surface area contributed by atoms with Gasteiger partial charge in [-0.15, -0.1) is 0 Å². The number of hydrogen-bond donors (Lipinski definition) is 1. The van der Waals surface area contributed by atoms with Gasteiger partial charge in [-0.25, -0.2) is 19.0 Å². The molecule has 280 valence electrons. The van der Waals surface area contributed by atoms with Crippen molar-refractivity contribution in [2.45, 2.75) is 97.4 Å². The maximum absolute atomic E-state index is 14.3. The number of hydrogen-bond acceptors (Lipinski definition) is 13. The Bertz CT molecular complexity index is 1630. The van der Waals surface area contributed by atoms with Gasteiger partial charge in [-0.3, -0.25) is 32.8 Å². The van der Waals surface area contributed by atoms with Crippen molar-refractivity contribution in [3.8, 4) is 0 Å². The lowest BCUT2D eigenvalue weighted by molar-refractivity contribution is -0.143. The number of ether oxygens (including phenoxy) is 2. The van der Waals surface area contributed by atoms with Gasteiger partial charge in [0.25, 0.3) is 5.56 Å². The summed E-state index contributed by atoms with van der Waals surface area (Å²) >= 11 is 0.988. The van der Waals surface area contributed by atoms with Crippen molar-refractivity contribution in [2.75, 3.05) is 32.7 Å². The average molecular weight is 761 g/mol. The predicted octanol–water partition coefficient (Wildman–Crippen LogP) is 4.55. The lowest BCUT2D eigenvalue weighted by atomic mass is 10.00. The molecule has 17 nitrogen and oxygen atoms in total. The van der Waals surface area contributed by atoms with E-state index >= 15 is 0 Å². The topological polar surface area (TPSA) is 219 Å². The van der Waals surface area contributed by atoms with Crippen molar-refractivity contribution in [3.05, 3.63) is 49.1 Å². The van der Waals surface area contributed by atoms with Crippen LogP contribution in [0.5, 0.6) is 0 Å². The molecule has 0 amide bonds. The van der Waals surface area contributed by atoms with E-state index < -0.39 is 69.7 Å². The van der Waals surface area contributed by atoms with Crippen LogP contribution < -0.4 is 16.3 Å². The SMILES string of the molecule is COC(=O)[C@H](CO[Si](C)(C)C(C)(C)C)NP(=O)(OCCSC(=O)C(C)(C)C)OC[C@H]1O[C@@H](n2cc(C)c(=O)n(/C=C/C=O)c2=O)C[C@@H]1N=[N+]=[N-]. The summed E-state index contributed by atoms with van der Waals surface area (Å²) in [4.78, 5) is 64.8. The Morgan fingerprint density at radius 3 is 2.46 bits per heavy atom. The Balaban J connectivity index is 2.39. The molecule has 1 aromatic rings. The summed E-state index contributed by atoms with van der Waals surface area (Å²) in [6.45, 7) is 15.9. The number of azide groups is 1. The Hall–Kier alpha value is -2.86. The maximum Gasteiger partial charge on any atom is 0.406 e. The van der Waals surface area contributed by atoms with Crippen molar-refractivity contribution in [1.29, 1.82) is 0 Å². The molecule has 1 fully saturated rings. The van der Waals surface area contributed by atoms with Gasteiger partial charge in [-0.2, -0.15) is 0 Å². The molecule has 1 saturated heterocycles. The minimum absolute atomic E-state index is 0.0255. The average Bonchev–Trinajstić information content (AvgIpc) is 3.43. The summed E-state index contributed by atoms with van der Waals surface area (Å²) in [5.74, 6) is -0.667. The fraction of sp³-hybridized carbons (Fsp3) is 0.700. The standard InChI is InChI=1S/C30H49N6O11PSSi/c1-20-17-36(28(41)35(25(20)38)12-11-13-37)24-16-21(32-34-31)23(47-24)19-45-48(42,44-14-15-49-27(40)29(2,3)4)33-22(26(39)43-8)18-46-50(9,10)30(5,6)7/h11-13,17,21-24H,14-16,18-19H2,1-10H3,(H,33,42)/b12-11+/t21-,22-,23+,24+,48?/m0/s1. The first-order valence-electron chi connectivity index (χ1n) is 15.8. The number of esters is 1. The van der Waals surface area contributed by atoms with Crippen molar-refractivity contribution >= 4 is 51.4 Å². The highest BCUT2D eigenvalue weighted by molar-refractivity contribution is 8.13. The van der Waals surface area contributed by atoms with Crippen molar-refractivity contribution < 1.29 is 41.9 Å². The second-order valence-corrected chi connectivity index (χ2v) is 21.7. The summed E-state index contributed by atoms with van der Waals surface area (Å²) in [5, 5.41) is 6.10. The third kappa shape index (κ3) is 11.9. The number of aromatic nitrogens is 2. The largest absolute Gasteiger partial charge is 0.468 e. The van der Waals surface area contributed by atoms with E-state index in [0.717, 1.165) is 33.2 Å². The van der Waals surface area contributed by atoms with E-state index in [1.165, 1.54) is 20.2 Å². The molecule has 0 spiro atoms. The van der Waals surface area contributed by atoms with E-state index in [9.17, 15) is 34.1 Å². The normalized spacial score (nSPS) is 20.2. The van der Waals surface area contributed by atoms with Crippen LogP contribution in [0.2, 0.25) is 18.1 Å². The summed E-state index contributed by atoms with van der Waals surface area (Å²) in [6, 6.07) is -2.20. The number of methoxy groups -OCH3 is 1. The first-order valence-corrected chi connectivity index (χ1v) is 21.3. The van der Waals surface area contributed by atoms with E-state index in [0.29, 0.717) is 6.29 Å². The summed E-state index contributed by atoms with van der Waals surface area (Å²) in [5.41, 5.74) is 7.36. The van der Waals surface area contributed by atoms with Crippen LogP contribution in [-0.4, -0.2) is 85.7 Å². The number of carbonyl (C=O) groups excluding carboxylic acids is 3. The number of allylic oxidation sites excluding steroid dienone is 1. The molecule has 1 aliphatic heterocycles. The predicted molar refractivity (Wildman–Crippen MR) is 191 cm³/mol. The lowest BCUT2D eigenvalue weighted by Crippen LogP contribution is -2.47. The highest BCUT2D eigenvalue weighted by atomic mass is 32.2. The molecule has 0 radical (unpaired) electrons. The summed E-state index contributed by atoms with van der Waals surface area (Å²) in [6.07, 6.45) is 1.58. The first-order chi connectivity index (χ1) is 23.1. The molecule has 0 aliphatic carbocycles. The molecule has 0 aromatic carbocycles. The highest BCUT2D eigenvalue weighted by Crippen LogP contribution is 2.46. The van der Waals surface area contributed by atoms with Crippen LogP contribution in [0.15, 0.2) is 27.0 Å². The third-order valence-corrected chi connectivity index (χ3v) is 15.5.